The first kappa shape index (κ1) is 18.2. The van der Waals surface area contributed by atoms with Crippen LogP contribution in [0.4, 0.5) is 0 Å². The highest BCUT2D eigenvalue weighted by atomic mass is 32.1. The van der Waals surface area contributed by atoms with Crippen LogP contribution in [0.15, 0.2) is 23.6 Å². The molecule has 0 fully saturated rings. The summed E-state index contributed by atoms with van der Waals surface area (Å²) in [6.07, 6.45) is 0.787. The Morgan fingerprint density at radius 1 is 1.24 bits per heavy atom. The van der Waals surface area contributed by atoms with Gasteiger partial charge in [-0.1, -0.05) is 20.8 Å². The lowest BCUT2D eigenvalue weighted by Crippen LogP contribution is -2.33. The van der Waals surface area contributed by atoms with Crippen molar-refractivity contribution in [1.82, 2.24) is 9.88 Å². The van der Waals surface area contributed by atoms with E-state index in [4.69, 9.17) is 19.6 Å². The van der Waals surface area contributed by atoms with Gasteiger partial charge in [-0.05, 0) is 30.0 Å². The minimum atomic E-state index is 0.214. The largest absolute Gasteiger partial charge is 0.454 e. The van der Waals surface area contributed by atoms with Gasteiger partial charge < -0.3 is 14.6 Å². The van der Waals surface area contributed by atoms with Crippen LogP contribution in [-0.4, -0.2) is 41.5 Å². The molecule has 2 heterocycles. The highest BCUT2D eigenvalue weighted by molar-refractivity contribution is 7.13. The molecule has 5 nitrogen and oxygen atoms in total. The number of fused-ring (bicyclic) bond motifs is 1. The molecule has 1 aromatic carbocycles. The summed E-state index contributed by atoms with van der Waals surface area (Å²) in [5, 5.41) is 12.3. The quantitative estimate of drug-likeness (QED) is 0.812. The van der Waals surface area contributed by atoms with Crippen molar-refractivity contribution < 1.29 is 14.6 Å². The molecule has 1 aliphatic rings. The second-order valence-electron chi connectivity index (χ2n) is 7.56. The number of thiazole rings is 1. The van der Waals surface area contributed by atoms with Crippen LogP contribution in [0.2, 0.25) is 0 Å². The third kappa shape index (κ3) is 4.93. The lowest BCUT2D eigenvalue weighted by Gasteiger charge is -2.29. The highest BCUT2D eigenvalue weighted by Gasteiger charge is 2.19. The lowest BCUT2D eigenvalue weighted by atomic mass is 9.96. The molecule has 3 rings (SSSR count). The van der Waals surface area contributed by atoms with Crippen LogP contribution in [0.5, 0.6) is 11.5 Å². The average Bonchev–Trinajstić information content (AvgIpc) is 3.19. The van der Waals surface area contributed by atoms with Crippen LogP contribution < -0.4 is 9.47 Å². The fourth-order valence-electron chi connectivity index (χ4n) is 2.95. The summed E-state index contributed by atoms with van der Waals surface area (Å²) >= 11 is 1.65. The second kappa shape index (κ2) is 7.72. The Morgan fingerprint density at radius 3 is 2.80 bits per heavy atom. The molecule has 2 aromatic rings. The molecule has 0 atom stereocenters. The van der Waals surface area contributed by atoms with E-state index in [-0.39, 0.29) is 18.8 Å². The van der Waals surface area contributed by atoms with Crippen LogP contribution in [0.3, 0.4) is 0 Å². The Labute approximate surface area is 153 Å². The Hall–Kier alpha value is -1.63. The third-order valence-corrected chi connectivity index (χ3v) is 4.83. The monoisotopic (exact) mass is 362 g/mol. The number of nitrogens with zero attached hydrogens (tertiary/aromatic N) is 2. The van der Waals surface area contributed by atoms with Gasteiger partial charge in [0.15, 0.2) is 11.5 Å². The first-order valence-electron chi connectivity index (χ1n) is 8.62. The molecule has 25 heavy (non-hydrogen) atoms. The van der Waals surface area contributed by atoms with Gasteiger partial charge in [-0.3, -0.25) is 4.90 Å². The van der Waals surface area contributed by atoms with Crippen LogP contribution in [0.25, 0.3) is 10.6 Å². The number of benzene rings is 1. The molecule has 0 amide bonds. The first-order valence-corrected chi connectivity index (χ1v) is 9.50. The standard InChI is InChI=1S/C19H26N2O3S/c1-19(2,3)12-21(7-4-8-22)10-15-11-25-18(20-15)14-5-6-16-17(9-14)24-13-23-16/h5-6,9,11,22H,4,7-8,10,12-13H2,1-3H3. The zero-order valence-corrected chi connectivity index (χ0v) is 15.9. The van der Waals surface area contributed by atoms with Gasteiger partial charge in [-0.2, -0.15) is 0 Å². The summed E-state index contributed by atoms with van der Waals surface area (Å²) in [5.41, 5.74) is 2.34. The molecule has 0 saturated heterocycles. The number of hydrogen-bond acceptors (Lipinski definition) is 6. The maximum absolute atomic E-state index is 9.15. The van der Waals surface area contributed by atoms with Crippen LogP contribution in [-0.2, 0) is 6.54 Å². The van der Waals surface area contributed by atoms with Crippen molar-refractivity contribution in [2.24, 2.45) is 5.41 Å². The molecule has 1 aromatic heterocycles. The van der Waals surface area contributed by atoms with Crippen molar-refractivity contribution in [3.63, 3.8) is 0 Å². The van der Waals surface area contributed by atoms with Gasteiger partial charge in [0, 0.05) is 37.2 Å². The Balaban J connectivity index is 1.71. The molecule has 0 saturated carbocycles. The van der Waals surface area contributed by atoms with E-state index in [9.17, 15) is 0 Å². The minimum Gasteiger partial charge on any atom is -0.454 e. The van der Waals surface area contributed by atoms with Gasteiger partial charge in [0.25, 0.3) is 0 Å². The summed E-state index contributed by atoms with van der Waals surface area (Å²) in [6, 6.07) is 5.95. The molecular weight excluding hydrogens is 336 g/mol. The van der Waals surface area contributed by atoms with Crippen molar-refractivity contribution >= 4 is 11.3 Å². The van der Waals surface area contributed by atoms with E-state index in [0.717, 1.165) is 53.8 Å². The average molecular weight is 362 g/mol. The molecule has 136 valence electrons. The number of aliphatic hydroxyl groups excluding tert-OH is 1. The topological polar surface area (TPSA) is 54.8 Å². The molecule has 0 bridgehead atoms. The molecule has 1 aliphatic heterocycles. The summed E-state index contributed by atoms with van der Waals surface area (Å²) in [5.74, 6) is 1.58. The maximum atomic E-state index is 9.15. The number of hydrogen-bond donors (Lipinski definition) is 1. The SMILES string of the molecule is CC(C)(C)CN(CCCO)Cc1csc(-c2ccc3c(c2)OCO3)n1. The van der Waals surface area contributed by atoms with E-state index in [1.54, 1.807) is 11.3 Å². The highest BCUT2D eigenvalue weighted by Crippen LogP contribution is 2.36. The van der Waals surface area contributed by atoms with Gasteiger partial charge in [0.05, 0.1) is 5.69 Å². The summed E-state index contributed by atoms with van der Waals surface area (Å²) in [4.78, 5) is 7.17. The van der Waals surface area contributed by atoms with E-state index in [2.05, 4.69) is 31.1 Å². The van der Waals surface area contributed by atoms with Crippen molar-refractivity contribution in [3.05, 3.63) is 29.3 Å². The van der Waals surface area contributed by atoms with E-state index in [1.807, 2.05) is 18.2 Å². The Morgan fingerprint density at radius 2 is 2.04 bits per heavy atom. The van der Waals surface area contributed by atoms with Gasteiger partial charge in [0.2, 0.25) is 6.79 Å². The number of ether oxygens (including phenoxy) is 2. The summed E-state index contributed by atoms with van der Waals surface area (Å²) < 4.78 is 10.8. The van der Waals surface area contributed by atoms with Gasteiger partial charge in [-0.25, -0.2) is 4.98 Å². The van der Waals surface area contributed by atoms with Crippen LogP contribution >= 0.6 is 11.3 Å². The Kier molecular flexibility index (Phi) is 5.61. The first-order chi connectivity index (χ1) is 11.9. The van der Waals surface area contributed by atoms with Gasteiger partial charge >= 0.3 is 0 Å². The van der Waals surface area contributed by atoms with Crippen molar-refractivity contribution in [1.29, 1.82) is 0 Å². The van der Waals surface area contributed by atoms with E-state index in [1.165, 1.54) is 0 Å². The number of aliphatic hydroxyl groups is 1. The van der Waals surface area contributed by atoms with Gasteiger partial charge in [0.1, 0.15) is 5.01 Å². The fourth-order valence-corrected chi connectivity index (χ4v) is 3.76. The molecule has 6 heteroatoms. The van der Waals surface area contributed by atoms with Gasteiger partial charge in [-0.15, -0.1) is 11.3 Å². The predicted octanol–water partition coefficient (Wildman–Crippen LogP) is 3.77. The summed E-state index contributed by atoms with van der Waals surface area (Å²) in [7, 11) is 0. The fraction of sp³-hybridized carbons (Fsp3) is 0.526. The zero-order chi connectivity index (χ0) is 17.9. The zero-order valence-electron chi connectivity index (χ0n) is 15.1. The maximum Gasteiger partial charge on any atom is 0.231 e. The third-order valence-electron chi connectivity index (χ3n) is 3.89. The van der Waals surface area contributed by atoms with E-state index in [0.29, 0.717) is 0 Å². The molecule has 0 aliphatic carbocycles. The number of aromatic nitrogens is 1. The molecule has 0 spiro atoms. The smallest absolute Gasteiger partial charge is 0.231 e. The predicted molar refractivity (Wildman–Crippen MR) is 100 cm³/mol. The minimum absolute atomic E-state index is 0.214. The molecular formula is C19H26N2O3S. The Bertz CT molecular complexity index is 709. The summed E-state index contributed by atoms with van der Waals surface area (Å²) in [6.45, 7) is 9.87. The van der Waals surface area contributed by atoms with E-state index < -0.39 is 0 Å². The van der Waals surface area contributed by atoms with E-state index >= 15 is 0 Å². The molecule has 0 unspecified atom stereocenters. The van der Waals surface area contributed by atoms with Crippen molar-refractivity contribution in [3.8, 4) is 22.1 Å². The van der Waals surface area contributed by atoms with Crippen LogP contribution in [0.1, 0.15) is 32.9 Å². The van der Waals surface area contributed by atoms with Crippen molar-refractivity contribution in [2.75, 3.05) is 26.5 Å². The lowest BCUT2D eigenvalue weighted by molar-refractivity contribution is 0.165. The van der Waals surface area contributed by atoms with Crippen molar-refractivity contribution in [2.45, 2.75) is 33.7 Å². The van der Waals surface area contributed by atoms with Crippen LogP contribution in [0, 0.1) is 5.41 Å². The second-order valence-corrected chi connectivity index (χ2v) is 8.42. The normalized spacial score (nSPS) is 13.6. The number of rotatable bonds is 7. The molecule has 1 N–H and O–H groups in total. The molecule has 0 radical (unpaired) electrons.